The molecule has 0 aliphatic carbocycles. The van der Waals surface area contributed by atoms with Crippen molar-refractivity contribution < 1.29 is 22.7 Å². The number of aromatic nitrogens is 3. The molecule has 5 rings (SSSR count). The minimum Gasteiger partial charge on any atom is -0.379 e. The van der Waals surface area contributed by atoms with Crippen LogP contribution in [-0.2, 0) is 10.9 Å². The molecule has 0 saturated carbocycles. The number of hydrogen-bond donors (Lipinski definition) is 1. The molecule has 1 N–H and O–H groups in total. The second-order valence-electron chi connectivity index (χ2n) is 8.60. The fourth-order valence-electron chi connectivity index (χ4n) is 4.34. The maximum atomic E-state index is 13.4. The van der Waals surface area contributed by atoms with Crippen molar-refractivity contribution in [3.63, 3.8) is 0 Å². The molecule has 35 heavy (non-hydrogen) atoms. The van der Waals surface area contributed by atoms with Gasteiger partial charge in [0, 0.05) is 56.1 Å². The van der Waals surface area contributed by atoms with E-state index in [1.54, 1.807) is 0 Å². The third kappa shape index (κ3) is 5.06. The van der Waals surface area contributed by atoms with Crippen LogP contribution in [0.15, 0.2) is 42.7 Å². The number of benzene rings is 1. The molecule has 3 aromatic rings. The van der Waals surface area contributed by atoms with E-state index in [-0.39, 0.29) is 12.5 Å². The number of rotatable bonds is 6. The van der Waals surface area contributed by atoms with Crippen LogP contribution in [0.5, 0.6) is 0 Å². The molecule has 2 aliphatic rings. The lowest BCUT2D eigenvalue weighted by Gasteiger charge is -2.34. The zero-order valence-electron chi connectivity index (χ0n) is 19.0. The van der Waals surface area contributed by atoms with Crippen molar-refractivity contribution in [2.45, 2.75) is 18.6 Å². The van der Waals surface area contributed by atoms with Crippen molar-refractivity contribution in [1.29, 1.82) is 0 Å². The number of alkyl halides is 3. The number of pyridine rings is 1. The third-order valence-corrected chi connectivity index (χ3v) is 6.38. The first kappa shape index (κ1) is 23.4. The van der Waals surface area contributed by atoms with Gasteiger partial charge in [-0.05, 0) is 18.6 Å². The number of nitrogens with one attached hydrogen (secondary N) is 1. The number of hydrogen-bond acceptors (Lipinski definition) is 7. The fraction of sp³-hybridized carbons (Fsp3) is 0.417. The Hall–Kier alpha value is -3.31. The lowest BCUT2D eigenvalue weighted by atomic mass is 10.1. The van der Waals surface area contributed by atoms with Gasteiger partial charge in [0.2, 0.25) is 5.82 Å². The van der Waals surface area contributed by atoms with Crippen LogP contribution in [0, 0.1) is 0 Å². The summed E-state index contributed by atoms with van der Waals surface area (Å²) >= 11 is 0. The molecule has 1 aromatic carbocycles. The number of amides is 1. The monoisotopic (exact) mass is 486 g/mol. The van der Waals surface area contributed by atoms with Crippen LogP contribution in [0.25, 0.3) is 10.9 Å². The first-order valence-electron chi connectivity index (χ1n) is 11.5. The first-order valence-corrected chi connectivity index (χ1v) is 11.5. The Morgan fingerprint density at radius 2 is 1.80 bits per heavy atom. The van der Waals surface area contributed by atoms with Gasteiger partial charge in [0.15, 0.2) is 0 Å². The predicted molar refractivity (Wildman–Crippen MR) is 123 cm³/mol. The van der Waals surface area contributed by atoms with Crippen molar-refractivity contribution in [2.24, 2.45) is 0 Å². The maximum Gasteiger partial charge on any atom is 0.451 e. The molecule has 2 aromatic heterocycles. The summed E-state index contributed by atoms with van der Waals surface area (Å²) in [6.45, 7) is 4.15. The minimum absolute atomic E-state index is 0.184. The largest absolute Gasteiger partial charge is 0.451 e. The zero-order chi connectivity index (χ0) is 24.4. The number of carbonyl (C=O) groups is 1. The summed E-state index contributed by atoms with van der Waals surface area (Å²) in [7, 11) is 0. The summed E-state index contributed by atoms with van der Waals surface area (Å²) < 4.78 is 44.3. The van der Waals surface area contributed by atoms with Crippen molar-refractivity contribution in [3.8, 4) is 0 Å². The highest BCUT2D eigenvalue weighted by atomic mass is 19.4. The molecular weight excluding hydrogens is 461 g/mol. The predicted octanol–water partition coefficient (Wildman–Crippen LogP) is 3.06. The molecule has 1 atom stereocenters. The highest BCUT2D eigenvalue weighted by Crippen LogP contribution is 2.28. The van der Waals surface area contributed by atoms with Gasteiger partial charge in [0.1, 0.15) is 5.82 Å². The molecular formula is C24H25F3N6O2. The van der Waals surface area contributed by atoms with E-state index < -0.39 is 18.0 Å². The standard InChI is InChI=1S/C24H25F3N6O2/c25-24(26,27)23-29-13-16(14-30-23)20(32-8-10-35-11-9-32)15-28-22(34)18-12-21(33-6-3-7-33)31-19-5-2-1-4-17(18)19/h1-2,4-5,12-14,20H,3,6-11,15H2,(H,28,34). The Bertz CT molecular complexity index is 1190. The van der Waals surface area contributed by atoms with E-state index >= 15 is 0 Å². The van der Waals surface area contributed by atoms with Gasteiger partial charge in [-0.1, -0.05) is 18.2 Å². The highest BCUT2D eigenvalue weighted by Gasteiger charge is 2.35. The lowest BCUT2D eigenvalue weighted by molar-refractivity contribution is -0.145. The topological polar surface area (TPSA) is 83.5 Å². The van der Waals surface area contributed by atoms with Crippen LogP contribution in [0.2, 0.25) is 0 Å². The molecule has 2 fully saturated rings. The van der Waals surface area contributed by atoms with Gasteiger partial charge in [0.05, 0.1) is 30.3 Å². The van der Waals surface area contributed by atoms with Crippen LogP contribution in [0.4, 0.5) is 19.0 Å². The van der Waals surface area contributed by atoms with E-state index in [4.69, 9.17) is 9.72 Å². The van der Waals surface area contributed by atoms with Gasteiger partial charge in [-0.15, -0.1) is 0 Å². The number of carbonyl (C=O) groups excluding carboxylic acids is 1. The average molecular weight is 486 g/mol. The van der Waals surface area contributed by atoms with Crippen molar-refractivity contribution in [3.05, 3.63) is 59.7 Å². The SMILES string of the molecule is O=C(NCC(c1cnc(C(F)(F)F)nc1)N1CCOCC1)c1cc(N2CCC2)nc2ccccc12. The van der Waals surface area contributed by atoms with Crippen LogP contribution in [0.3, 0.4) is 0 Å². The van der Waals surface area contributed by atoms with Gasteiger partial charge < -0.3 is 15.0 Å². The Balaban J connectivity index is 1.40. The summed E-state index contributed by atoms with van der Waals surface area (Å²) in [5.74, 6) is -0.690. The Morgan fingerprint density at radius 3 is 2.46 bits per heavy atom. The van der Waals surface area contributed by atoms with Crippen LogP contribution >= 0.6 is 0 Å². The van der Waals surface area contributed by atoms with E-state index in [1.165, 1.54) is 12.4 Å². The molecule has 2 aliphatic heterocycles. The number of para-hydroxylation sites is 1. The van der Waals surface area contributed by atoms with E-state index in [0.29, 0.717) is 37.4 Å². The maximum absolute atomic E-state index is 13.4. The number of ether oxygens (including phenoxy) is 1. The normalized spacial score (nSPS) is 17.7. The quantitative estimate of drug-likeness (QED) is 0.574. The number of halogens is 3. The van der Waals surface area contributed by atoms with Gasteiger partial charge >= 0.3 is 6.18 Å². The summed E-state index contributed by atoms with van der Waals surface area (Å²) in [5, 5.41) is 3.73. The molecule has 1 amide bonds. The molecule has 0 spiro atoms. The van der Waals surface area contributed by atoms with Gasteiger partial charge in [-0.3, -0.25) is 9.69 Å². The number of anilines is 1. The third-order valence-electron chi connectivity index (χ3n) is 6.38. The fourth-order valence-corrected chi connectivity index (χ4v) is 4.34. The average Bonchev–Trinajstić information content (AvgIpc) is 2.83. The molecule has 0 bridgehead atoms. The highest BCUT2D eigenvalue weighted by molar-refractivity contribution is 6.07. The van der Waals surface area contributed by atoms with Crippen LogP contribution < -0.4 is 10.2 Å². The Morgan fingerprint density at radius 1 is 1.09 bits per heavy atom. The number of morpholine rings is 1. The molecule has 4 heterocycles. The number of nitrogens with zero attached hydrogens (tertiary/aromatic N) is 5. The molecule has 0 radical (unpaired) electrons. The van der Waals surface area contributed by atoms with Gasteiger partial charge in [0.25, 0.3) is 5.91 Å². The summed E-state index contributed by atoms with van der Waals surface area (Å²) in [4.78, 5) is 29.3. The van der Waals surface area contributed by atoms with Crippen molar-refractivity contribution in [2.75, 3.05) is 50.8 Å². The van der Waals surface area contributed by atoms with Gasteiger partial charge in [-0.2, -0.15) is 13.2 Å². The van der Waals surface area contributed by atoms with Crippen LogP contribution in [-0.4, -0.2) is 71.7 Å². The summed E-state index contributed by atoms with van der Waals surface area (Å²) in [6.07, 6.45) is -1.15. The van der Waals surface area contributed by atoms with Gasteiger partial charge in [-0.25, -0.2) is 15.0 Å². The van der Waals surface area contributed by atoms with E-state index in [0.717, 1.165) is 36.2 Å². The van der Waals surface area contributed by atoms with Crippen molar-refractivity contribution in [1.82, 2.24) is 25.2 Å². The Labute approximate surface area is 200 Å². The molecule has 8 nitrogen and oxygen atoms in total. The van der Waals surface area contributed by atoms with E-state index in [1.807, 2.05) is 30.3 Å². The molecule has 1 unspecified atom stereocenters. The lowest BCUT2D eigenvalue weighted by Crippen LogP contribution is -2.44. The van der Waals surface area contributed by atoms with E-state index in [2.05, 4.69) is 25.1 Å². The van der Waals surface area contributed by atoms with Crippen LogP contribution in [0.1, 0.15) is 34.2 Å². The van der Waals surface area contributed by atoms with Crippen molar-refractivity contribution >= 4 is 22.6 Å². The minimum atomic E-state index is -4.61. The molecule has 184 valence electrons. The van der Waals surface area contributed by atoms with E-state index in [9.17, 15) is 18.0 Å². The second kappa shape index (κ2) is 9.74. The first-order chi connectivity index (χ1) is 16.9. The Kier molecular flexibility index (Phi) is 6.52. The second-order valence-corrected chi connectivity index (χ2v) is 8.60. The zero-order valence-corrected chi connectivity index (χ0v) is 19.0. The smallest absolute Gasteiger partial charge is 0.379 e. The summed E-state index contributed by atoms with van der Waals surface area (Å²) in [6, 6.07) is 8.90. The molecule has 11 heteroatoms. The number of fused-ring (bicyclic) bond motifs is 1. The summed E-state index contributed by atoms with van der Waals surface area (Å²) in [5.41, 5.74) is 1.76. The molecule has 2 saturated heterocycles.